The third-order valence-corrected chi connectivity index (χ3v) is 6.69. The zero-order valence-corrected chi connectivity index (χ0v) is 22.7. The number of carbonyl (C=O) groups excluding carboxylic acids is 3. The number of amides is 2. The van der Waals surface area contributed by atoms with Crippen LogP contribution in [0.2, 0.25) is 0 Å². The van der Waals surface area contributed by atoms with Crippen molar-refractivity contribution >= 4 is 28.7 Å². The van der Waals surface area contributed by atoms with Crippen molar-refractivity contribution in [3.8, 4) is 5.75 Å². The number of unbranched alkanes of at least 4 members (excludes halogenated alkanes) is 1. The molecule has 1 N–H and O–H groups in total. The van der Waals surface area contributed by atoms with Gasteiger partial charge in [0.2, 0.25) is 11.8 Å². The van der Waals surface area contributed by atoms with Crippen molar-refractivity contribution in [2.75, 3.05) is 33.9 Å². The number of H-pyrrole nitrogens is 1. The van der Waals surface area contributed by atoms with E-state index < -0.39 is 0 Å². The minimum absolute atomic E-state index is 0.0000905. The third-order valence-electron chi connectivity index (χ3n) is 6.69. The highest BCUT2D eigenvalue weighted by Crippen LogP contribution is 2.22. The molecule has 0 aliphatic heterocycles. The van der Waals surface area contributed by atoms with Gasteiger partial charge in [-0.2, -0.15) is 0 Å². The van der Waals surface area contributed by atoms with Gasteiger partial charge in [-0.15, -0.1) is 0 Å². The van der Waals surface area contributed by atoms with E-state index in [1.165, 1.54) is 7.11 Å². The van der Waals surface area contributed by atoms with Gasteiger partial charge in [0.1, 0.15) is 5.75 Å². The summed E-state index contributed by atoms with van der Waals surface area (Å²) in [5, 5.41) is 1.14. The predicted molar refractivity (Wildman–Crippen MR) is 148 cm³/mol. The molecular formula is C30H39N3O5. The zero-order valence-electron chi connectivity index (χ0n) is 22.7. The monoisotopic (exact) mass is 521 g/mol. The topological polar surface area (TPSA) is 91.9 Å². The molecule has 204 valence electrons. The maximum Gasteiger partial charge on any atom is 0.305 e. The summed E-state index contributed by atoms with van der Waals surface area (Å²) >= 11 is 0. The Morgan fingerprint density at radius 3 is 2.37 bits per heavy atom. The Hall–Kier alpha value is -3.81. The molecule has 2 aromatic carbocycles. The van der Waals surface area contributed by atoms with Crippen molar-refractivity contribution in [2.45, 2.75) is 52.0 Å². The Bertz CT molecular complexity index is 1210. The summed E-state index contributed by atoms with van der Waals surface area (Å²) in [5.74, 6) is 0.145. The summed E-state index contributed by atoms with van der Waals surface area (Å²) in [6, 6.07) is 15.8. The first-order valence-corrected chi connectivity index (χ1v) is 13.3. The number of hydrogen-bond donors (Lipinski definition) is 1. The molecule has 0 spiro atoms. The highest BCUT2D eigenvalue weighted by molar-refractivity contribution is 5.85. The predicted octanol–water partition coefficient (Wildman–Crippen LogP) is 4.72. The van der Waals surface area contributed by atoms with Crippen LogP contribution in [0.4, 0.5) is 0 Å². The van der Waals surface area contributed by atoms with Crippen LogP contribution < -0.4 is 4.74 Å². The molecule has 0 aliphatic rings. The number of carbonyl (C=O) groups is 3. The van der Waals surface area contributed by atoms with Crippen LogP contribution in [-0.2, 0) is 32.1 Å². The number of aromatic amines is 1. The second kappa shape index (κ2) is 14.8. The number of nitrogens with one attached hydrogen (secondary N) is 1. The molecule has 38 heavy (non-hydrogen) atoms. The number of hydrogen-bond acceptors (Lipinski definition) is 5. The van der Waals surface area contributed by atoms with Gasteiger partial charge < -0.3 is 24.3 Å². The molecule has 3 aromatic rings. The Morgan fingerprint density at radius 2 is 1.61 bits per heavy atom. The third kappa shape index (κ3) is 8.10. The number of rotatable bonds is 15. The zero-order chi connectivity index (χ0) is 27.3. The maximum atomic E-state index is 13.7. The molecule has 1 heterocycles. The first-order chi connectivity index (χ1) is 18.5. The lowest BCUT2D eigenvalue weighted by atomic mass is 10.1. The molecule has 2 amide bonds. The number of esters is 1. The highest BCUT2D eigenvalue weighted by atomic mass is 16.5. The standard InChI is InChI=1S/C30H39N3O5/c1-4-5-18-32(28(34)15-10-16-30(36)38-3)22-29(35)33(21-24-11-6-9-14-27(24)37-2)19-17-23-20-31-26-13-8-7-12-25(23)26/h6-9,11-14,20,31H,4-5,10,15-19,21-22H2,1-3H3. The fourth-order valence-corrected chi connectivity index (χ4v) is 4.47. The van der Waals surface area contributed by atoms with Gasteiger partial charge in [0.15, 0.2) is 0 Å². The van der Waals surface area contributed by atoms with Crippen molar-refractivity contribution in [1.29, 1.82) is 0 Å². The van der Waals surface area contributed by atoms with Gasteiger partial charge in [0, 0.05) is 55.1 Å². The number of para-hydroxylation sites is 2. The minimum atomic E-state index is -0.339. The lowest BCUT2D eigenvalue weighted by Crippen LogP contribution is -2.43. The fraction of sp³-hybridized carbons (Fsp3) is 0.433. The van der Waals surface area contributed by atoms with E-state index in [0.29, 0.717) is 32.5 Å². The summed E-state index contributed by atoms with van der Waals surface area (Å²) < 4.78 is 10.2. The van der Waals surface area contributed by atoms with Crippen LogP contribution in [0.25, 0.3) is 10.9 Å². The van der Waals surface area contributed by atoms with Gasteiger partial charge in [-0.25, -0.2) is 0 Å². The van der Waals surface area contributed by atoms with Crippen LogP contribution >= 0.6 is 0 Å². The van der Waals surface area contributed by atoms with E-state index in [-0.39, 0.29) is 37.2 Å². The van der Waals surface area contributed by atoms with E-state index in [4.69, 9.17) is 4.74 Å². The van der Waals surface area contributed by atoms with Crippen molar-refractivity contribution in [2.24, 2.45) is 0 Å². The van der Waals surface area contributed by atoms with Gasteiger partial charge in [0.25, 0.3) is 0 Å². The van der Waals surface area contributed by atoms with Gasteiger partial charge in [-0.1, -0.05) is 49.7 Å². The molecule has 8 heteroatoms. The molecule has 0 saturated carbocycles. The average Bonchev–Trinajstić information content (AvgIpc) is 3.36. The first-order valence-electron chi connectivity index (χ1n) is 13.3. The molecule has 0 bridgehead atoms. The summed E-state index contributed by atoms with van der Waals surface area (Å²) in [5.41, 5.74) is 3.11. The van der Waals surface area contributed by atoms with Crippen LogP contribution in [0.3, 0.4) is 0 Å². The number of methoxy groups -OCH3 is 2. The van der Waals surface area contributed by atoms with E-state index in [2.05, 4.69) is 22.7 Å². The number of ether oxygens (including phenoxy) is 2. The quantitative estimate of drug-likeness (QED) is 0.292. The van der Waals surface area contributed by atoms with Crippen LogP contribution in [-0.4, -0.2) is 66.4 Å². The Morgan fingerprint density at radius 1 is 0.842 bits per heavy atom. The normalized spacial score (nSPS) is 10.8. The number of aromatic nitrogens is 1. The van der Waals surface area contributed by atoms with Crippen molar-refractivity contribution in [3.63, 3.8) is 0 Å². The molecule has 0 radical (unpaired) electrons. The van der Waals surface area contributed by atoms with Gasteiger partial charge in [-0.3, -0.25) is 14.4 Å². The van der Waals surface area contributed by atoms with Crippen molar-refractivity contribution in [1.82, 2.24) is 14.8 Å². The van der Waals surface area contributed by atoms with Crippen LogP contribution in [0.1, 0.15) is 50.2 Å². The molecule has 1 aromatic heterocycles. The van der Waals surface area contributed by atoms with Crippen LogP contribution in [0.15, 0.2) is 54.7 Å². The number of fused-ring (bicyclic) bond motifs is 1. The minimum Gasteiger partial charge on any atom is -0.496 e. The second-order valence-electron chi connectivity index (χ2n) is 9.34. The van der Waals surface area contributed by atoms with Gasteiger partial charge in [-0.05, 0) is 37.0 Å². The van der Waals surface area contributed by atoms with E-state index in [9.17, 15) is 14.4 Å². The summed E-state index contributed by atoms with van der Waals surface area (Å²) in [4.78, 5) is 44.9. The molecular weight excluding hydrogens is 482 g/mol. The molecule has 0 saturated heterocycles. The summed E-state index contributed by atoms with van der Waals surface area (Å²) in [7, 11) is 2.96. The molecule has 8 nitrogen and oxygen atoms in total. The van der Waals surface area contributed by atoms with Crippen LogP contribution in [0, 0.1) is 0 Å². The first kappa shape index (κ1) is 28.8. The summed E-state index contributed by atoms with van der Waals surface area (Å²) in [6.07, 6.45) is 5.16. The second-order valence-corrected chi connectivity index (χ2v) is 9.34. The smallest absolute Gasteiger partial charge is 0.305 e. The van der Waals surface area contributed by atoms with Crippen molar-refractivity contribution < 1.29 is 23.9 Å². The molecule has 0 atom stereocenters. The fourth-order valence-electron chi connectivity index (χ4n) is 4.47. The SMILES string of the molecule is CCCCN(CC(=O)N(CCc1c[nH]c2ccccc12)Cc1ccccc1OC)C(=O)CCCC(=O)OC. The lowest BCUT2D eigenvalue weighted by Gasteiger charge is -2.28. The molecule has 0 aliphatic carbocycles. The number of nitrogens with zero attached hydrogens (tertiary/aromatic N) is 2. The Kier molecular flexibility index (Phi) is 11.2. The van der Waals surface area contributed by atoms with Gasteiger partial charge >= 0.3 is 5.97 Å². The highest BCUT2D eigenvalue weighted by Gasteiger charge is 2.22. The largest absolute Gasteiger partial charge is 0.496 e. The van der Waals surface area contributed by atoms with Gasteiger partial charge in [0.05, 0.1) is 20.8 Å². The van der Waals surface area contributed by atoms with E-state index >= 15 is 0 Å². The van der Waals surface area contributed by atoms with Crippen LogP contribution in [0.5, 0.6) is 5.75 Å². The maximum absolute atomic E-state index is 13.7. The lowest BCUT2D eigenvalue weighted by molar-refractivity contribution is -0.142. The van der Waals surface area contributed by atoms with E-state index in [0.717, 1.165) is 40.6 Å². The average molecular weight is 522 g/mol. The van der Waals surface area contributed by atoms with E-state index in [1.54, 1.807) is 16.9 Å². The van der Waals surface area contributed by atoms with E-state index in [1.807, 2.05) is 48.7 Å². The Labute approximate surface area is 224 Å². The number of benzene rings is 2. The summed E-state index contributed by atoms with van der Waals surface area (Å²) in [6.45, 7) is 3.43. The molecule has 0 unspecified atom stereocenters. The Balaban J connectivity index is 1.76. The molecule has 0 fully saturated rings. The molecule has 3 rings (SSSR count). The van der Waals surface area contributed by atoms with Crippen molar-refractivity contribution in [3.05, 3.63) is 65.9 Å².